The van der Waals surface area contributed by atoms with E-state index in [1.807, 2.05) is 13.8 Å². The Balaban J connectivity index is 2.50. The fourth-order valence-corrected chi connectivity index (χ4v) is 1.78. The first kappa shape index (κ1) is 11.7. The van der Waals surface area contributed by atoms with Gasteiger partial charge in [0.2, 0.25) is 0 Å². The van der Waals surface area contributed by atoms with Crippen LogP contribution in [-0.2, 0) is 9.53 Å². The van der Waals surface area contributed by atoms with Gasteiger partial charge in [0.1, 0.15) is 11.3 Å². The van der Waals surface area contributed by atoms with E-state index in [-0.39, 0.29) is 0 Å². The van der Waals surface area contributed by atoms with E-state index in [2.05, 4.69) is 4.74 Å². The van der Waals surface area contributed by atoms with E-state index in [0.717, 1.165) is 22.3 Å². The Morgan fingerprint density at radius 3 is 2.76 bits per heavy atom. The lowest BCUT2D eigenvalue weighted by atomic mass is 10.1. The third-order valence-corrected chi connectivity index (χ3v) is 2.94. The Kier molecular flexibility index (Phi) is 2.90. The van der Waals surface area contributed by atoms with Crippen LogP contribution in [0, 0.1) is 13.8 Å². The maximum absolute atomic E-state index is 11.2. The minimum Gasteiger partial charge on any atom is -0.467 e. The van der Waals surface area contributed by atoms with E-state index >= 15 is 0 Å². The number of rotatable bonds is 2. The molecule has 17 heavy (non-hydrogen) atoms. The Labute approximate surface area is 98.8 Å². The fraction of sp³-hybridized carbons (Fsp3) is 0.308. The molecule has 0 aliphatic heterocycles. The van der Waals surface area contributed by atoms with Crippen LogP contribution in [-0.4, -0.2) is 18.2 Å². The van der Waals surface area contributed by atoms with Crippen molar-refractivity contribution in [2.45, 2.75) is 20.0 Å². The molecule has 4 heteroatoms. The second-order valence-electron chi connectivity index (χ2n) is 3.96. The summed E-state index contributed by atoms with van der Waals surface area (Å²) in [6.45, 7) is 3.82. The average Bonchev–Trinajstić information content (AvgIpc) is 2.63. The lowest BCUT2D eigenvalue weighted by molar-refractivity contribution is -0.150. The number of hydrogen-bond donors (Lipinski definition) is 1. The molecule has 1 atom stereocenters. The van der Waals surface area contributed by atoms with Gasteiger partial charge in [0.25, 0.3) is 0 Å². The summed E-state index contributed by atoms with van der Waals surface area (Å²) < 4.78 is 10.0. The van der Waals surface area contributed by atoms with E-state index in [9.17, 15) is 9.90 Å². The summed E-state index contributed by atoms with van der Waals surface area (Å²) in [7, 11) is 1.25. The van der Waals surface area contributed by atoms with Crippen molar-refractivity contribution in [2.75, 3.05) is 7.11 Å². The lowest BCUT2D eigenvalue weighted by Gasteiger charge is -2.08. The summed E-state index contributed by atoms with van der Waals surface area (Å²) in [6, 6.07) is 5.16. The van der Waals surface area contributed by atoms with Gasteiger partial charge in [-0.1, -0.05) is 6.07 Å². The van der Waals surface area contributed by atoms with Crippen LogP contribution in [0.15, 0.2) is 22.6 Å². The number of fused-ring (bicyclic) bond motifs is 1. The predicted octanol–water partition coefficient (Wildman–Crippen LogP) is 2.26. The van der Waals surface area contributed by atoms with E-state index in [0.29, 0.717) is 5.56 Å². The average molecular weight is 234 g/mol. The van der Waals surface area contributed by atoms with Crippen molar-refractivity contribution in [3.8, 4) is 0 Å². The fourth-order valence-electron chi connectivity index (χ4n) is 1.78. The molecule has 0 aliphatic rings. The molecule has 0 spiro atoms. The monoisotopic (exact) mass is 234 g/mol. The molecular formula is C13H14O4. The van der Waals surface area contributed by atoms with Crippen LogP contribution < -0.4 is 0 Å². The molecular weight excluding hydrogens is 220 g/mol. The molecule has 2 rings (SSSR count). The van der Waals surface area contributed by atoms with E-state index < -0.39 is 12.1 Å². The van der Waals surface area contributed by atoms with Gasteiger partial charge in [-0.15, -0.1) is 0 Å². The van der Waals surface area contributed by atoms with Crippen molar-refractivity contribution in [3.05, 3.63) is 35.1 Å². The molecule has 0 saturated carbocycles. The largest absolute Gasteiger partial charge is 0.467 e. The summed E-state index contributed by atoms with van der Waals surface area (Å²) in [5.41, 5.74) is 2.27. The standard InChI is InChI=1S/C13H14O4/c1-7-8(2)17-11-5-4-9(6-10(7)11)12(14)13(15)16-3/h4-6,12,14H,1-3H3. The minimum absolute atomic E-state index is 0.508. The predicted molar refractivity (Wildman–Crippen MR) is 62.7 cm³/mol. The van der Waals surface area contributed by atoms with Gasteiger partial charge in [-0.2, -0.15) is 0 Å². The molecule has 1 N–H and O–H groups in total. The van der Waals surface area contributed by atoms with E-state index in [1.165, 1.54) is 7.11 Å². The molecule has 0 radical (unpaired) electrons. The second-order valence-corrected chi connectivity index (χ2v) is 3.96. The molecule has 1 aromatic carbocycles. The first-order valence-corrected chi connectivity index (χ1v) is 5.30. The molecule has 1 aromatic heterocycles. The van der Waals surface area contributed by atoms with Gasteiger partial charge in [-0.3, -0.25) is 0 Å². The zero-order valence-electron chi connectivity index (χ0n) is 9.98. The topological polar surface area (TPSA) is 59.7 Å². The van der Waals surface area contributed by atoms with Gasteiger partial charge >= 0.3 is 5.97 Å². The van der Waals surface area contributed by atoms with Gasteiger partial charge < -0.3 is 14.3 Å². The van der Waals surface area contributed by atoms with Crippen LogP contribution in [0.5, 0.6) is 0 Å². The highest BCUT2D eigenvalue weighted by molar-refractivity contribution is 5.85. The maximum atomic E-state index is 11.2. The number of methoxy groups -OCH3 is 1. The Hall–Kier alpha value is -1.81. The van der Waals surface area contributed by atoms with Crippen molar-refractivity contribution in [1.29, 1.82) is 0 Å². The number of hydrogen-bond acceptors (Lipinski definition) is 4. The highest BCUT2D eigenvalue weighted by Crippen LogP contribution is 2.27. The number of ether oxygens (including phenoxy) is 1. The number of benzene rings is 1. The number of esters is 1. The molecule has 0 fully saturated rings. The Morgan fingerprint density at radius 1 is 1.41 bits per heavy atom. The van der Waals surface area contributed by atoms with Crippen LogP contribution in [0.4, 0.5) is 0 Å². The molecule has 2 aromatic rings. The van der Waals surface area contributed by atoms with Crippen LogP contribution in [0.2, 0.25) is 0 Å². The van der Waals surface area contributed by atoms with E-state index in [1.54, 1.807) is 18.2 Å². The summed E-state index contributed by atoms with van der Waals surface area (Å²) in [5.74, 6) is 0.173. The van der Waals surface area contributed by atoms with Crippen molar-refractivity contribution in [2.24, 2.45) is 0 Å². The van der Waals surface area contributed by atoms with Gasteiger partial charge in [-0.05, 0) is 37.1 Å². The lowest BCUT2D eigenvalue weighted by Crippen LogP contribution is -2.13. The zero-order chi connectivity index (χ0) is 12.6. The normalized spacial score (nSPS) is 12.7. The molecule has 0 bridgehead atoms. The number of aryl methyl sites for hydroxylation is 2. The smallest absolute Gasteiger partial charge is 0.339 e. The highest BCUT2D eigenvalue weighted by atomic mass is 16.5. The van der Waals surface area contributed by atoms with Crippen LogP contribution in [0.1, 0.15) is 23.0 Å². The number of aliphatic hydroxyl groups is 1. The highest BCUT2D eigenvalue weighted by Gasteiger charge is 2.19. The van der Waals surface area contributed by atoms with Crippen LogP contribution in [0.25, 0.3) is 11.0 Å². The number of aliphatic hydroxyl groups excluding tert-OH is 1. The second kappa shape index (κ2) is 4.22. The van der Waals surface area contributed by atoms with Gasteiger partial charge in [-0.25, -0.2) is 4.79 Å². The third kappa shape index (κ3) is 1.91. The van der Waals surface area contributed by atoms with Crippen molar-refractivity contribution < 1.29 is 19.1 Å². The molecule has 4 nitrogen and oxygen atoms in total. The molecule has 0 aliphatic carbocycles. The van der Waals surface area contributed by atoms with Crippen LogP contribution in [0.3, 0.4) is 0 Å². The third-order valence-electron chi connectivity index (χ3n) is 2.94. The minimum atomic E-state index is -1.25. The Bertz CT molecular complexity index is 568. The van der Waals surface area contributed by atoms with Gasteiger partial charge in [0, 0.05) is 5.39 Å². The maximum Gasteiger partial charge on any atom is 0.339 e. The number of carbonyl (C=O) groups is 1. The zero-order valence-corrected chi connectivity index (χ0v) is 9.98. The Morgan fingerprint density at radius 2 is 2.12 bits per heavy atom. The molecule has 90 valence electrons. The SMILES string of the molecule is COC(=O)C(O)c1ccc2oc(C)c(C)c2c1. The summed E-state index contributed by atoms with van der Waals surface area (Å²) >= 11 is 0. The first-order valence-electron chi connectivity index (χ1n) is 5.30. The summed E-state index contributed by atoms with van der Waals surface area (Å²) in [6.07, 6.45) is -1.25. The molecule has 1 heterocycles. The number of furan rings is 1. The molecule has 1 unspecified atom stereocenters. The quantitative estimate of drug-likeness (QED) is 0.810. The van der Waals surface area contributed by atoms with Crippen molar-refractivity contribution >= 4 is 16.9 Å². The molecule has 0 amide bonds. The van der Waals surface area contributed by atoms with Crippen molar-refractivity contribution in [1.82, 2.24) is 0 Å². The number of carbonyl (C=O) groups excluding carboxylic acids is 1. The van der Waals surface area contributed by atoms with Gasteiger partial charge in [0.15, 0.2) is 6.10 Å². The first-order chi connectivity index (χ1) is 8.04. The van der Waals surface area contributed by atoms with E-state index in [4.69, 9.17) is 4.42 Å². The summed E-state index contributed by atoms with van der Waals surface area (Å²) in [4.78, 5) is 11.2. The van der Waals surface area contributed by atoms with Crippen LogP contribution >= 0.6 is 0 Å². The summed E-state index contributed by atoms with van der Waals surface area (Å²) in [5, 5.41) is 10.6. The van der Waals surface area contributed by atoms with Crippen molar-refractivity contribution in [3.63, 3.8) is 0 Å². The van der Waals surface area contributed by atoms with Gasteiger partial charge in [0.05, 0.1) is 7.11 Å². The molecule has 0 saturated heterocycles.